The largest absolute Gasteiger partial charge is 0.305 e. The monoisotopic (exact) mass is 347 g/mol. The van der Waals surface area contributed by atoms with E-state index in [1.165, 1.54) is 6.07 Å². The zero-order chi connectivity index (χ0) is 14.0. The third-order valence-electron chi connectivity index (χ3n) is 3.63. The summed E-state index contributed by atoms with van der Waals surface area (Å²) in [6.45, 7) is 2.83. The van der Waals surface area contributed by atoms with Gasteiger partial charge in [-0.1, -0.05) is 24.9 Å². The van der Waals surface area contributed by atoms with E-state index in [4.69, 9.17) is 11.6 Å². The molecule has 5 heteroatoms. The molecule has 1 atom stereocenters. The molecule has 1 fully saturated rings. The van der Waals surface area contributed by atoms with Crippen LogP contribution in [-0.2, 0) is 0 Å². The Morgan fingerprint density at radius 2 is 2.32 bits per heavy atom. The Morgan fingerprint density at radius 3 is 2.89 bits per heavy atom. The molecule has 104 valence electrons. The Hall–Kier alpha value is -0.450. The van der Waals surface area contributed by atoms with Crippen LogP contribution in [-0.4, -0.2) is 17.9 Å². The normalized spacial score (nSPS) is 22.7. The van der Waals surface area contributed by atoms with Crippen LogP contribution in [0.4, 0.5) is 4.39 Å². The Balaban J connectivity index is 2.40. The van der Waals surface area contributed by atoms with Gasteiger partial charge in [0.2, 0.25) is 0 Å². The van der Waals surface area contributed by atoms with Gasteiger partial charge in [0, 0.05) is 4.47 Å². The van der Waals surface area contributed by atoms with Gasteiger partial charge in [0.1, 0.15) is 0 Å². The van der Waals surface area contributed by atoms with Crippen molar-refractivity contribution in [3.8, 4) is 0 Å². The fourth-order valence-electron chi connectivity index (χ4n) is 2.71. The van der Waals surface area contributed by atoms with Crippen LogP contribution in [0.3, 0.4) is 0 Å². The lowest BCUT2D eigenvalue weighted by Gasteiger charge is -2.28. The molecule has 0 amide bonds. The Bertz CT molecular complexity index is 500. The second-order valence-electron chi connectivity index (χ2n) is 4.91. The van der Waals surface area contributed by atoms with Gasteiger partial charge in [-0.3, -0.25) is 4.79 Å². The Labute approximate surface area is 125 Å². The van der Waals surface area contributed by atoms with Crippen LogP contribution < -0.4 is 5.32 Å². The van der Waals surface area contributed by atoms with E-state index in [1.807, 2.05) is 6.92 Å². The summed E-state index contributed by atoms with van der Waals surface area (Å²) in [7, 11) is 0. The Morgan fingerprint density at radius 1 is 1.58 bits per heavy atom. The summed E-state index contributed by atoms with van der Waals surface area (Å²) in [5, 5.41) is 3.23. The molecule has 1 heterocycles. The number of rotatable bonds is 4. The van der Waals surface area contributed by atoms with Crippen molar-refractivity contribution in [1.29, 1.82) is 0 Å². The molecule has 0 radical (unpaired) electrons. The van der Waals surface area contributed by atoms with E-state index in [2.05, 4.69) is 21.2 Å². The number of carbonyl (C=O) groups excluding carboxylic acids is 1. The first kappa shape index (κ1) is 14.9. The maximum atomic E-state index is 14.2. The van der Waals surface area contributed by atoms with Crippen molar-refractivity contribution in [2.45, 2.75) is 38.1 Å². The number of hydrogen-bond donors (Lipinski definition) is 1. The highest BCUT2D eigenvalue weighted by atomic mass is 79.9. The molecule has 0 saturated carbocycles. The number of hydrogen-bond acceptors (Lipinski definition) is 2. The number of halogens is 3. The molecule has 19 heavy (non-hydrogen) atoms. The van der Waals surface area contributed by atoms with E-state index in [0.717, 1.165) is 32.2 Å². The summed E-state index contributed by atoms with van der Waals surface area (Å²) in [4.78, 5) is 12.7. The van der Waals surface area contributed by atoms with Crippen LogP contribution in [0.5, 0.6) is 0 Å². The molecule has 2 nitrogen and oxygen atoms in total. The van der Waals surface area contributed by atoms with E-state index in [0.29, 0.717) is 4.47 Å². The Kier molecular flexibility index (Phi) is 4.64. The van der Waals surface area contributed by atoms with Gasteiger partial charge in [-0.25, -0.2) is 4.39 Å². The van der Waals surface area contributed by atoms with E-state index >= 15 is 0 Å². The predicted molar refractivity (Wildman–Crippen MR) is 78.3 cm³/mol. The van der Waals surface area contributed by atoms with Crippen LogP contribution >= 0.6 is 27.5 Å². The summed E-state index contributed by atoms with van der Waals surface area (Å²) in [5.74, 6) is -0.816. The smallest absolute Gasteiger partial charge is 0.185 e. The zero-order valence-corrected chi connectivity index (χ0v) is 13.1. The third-order valence-corrected chi connectivity index (χ3v) is 4.89. The van der Waals surface area contributed by atoms with Gasteiger partial charge in [-0.15, -0.1) is 0 Å². The molecular weight excluding hydrogens is 333 g/mol. The lowest BCUT2D eigenvalue weighted by Crippen LogP contribution is -2.47. The van der Waals surface area contributed by atoms with Crippen molar-refractivity contribution in [3.05, 3.63) is 33.0 Å². The molecule has 0 aliphatic carbocycles. The van der Waals surface area contributed by atoms with Crippen LogP contribution in [0.1, 0.15) is 43.0 Å². The van der Waals surface area contributed by atoms with E-state index < -0.39 is 11.4 Å². The van der Waals surface area contributed by atoms with Crippen molar-refractivity contribution >= 4 is 33.3 Å². The number of carbonyl (C=O) groups is 1. The number of Topliss-reactive ketones (excluding diaryl/α,β-unsaturated/α-hetero) is 1. The van der Waals surface area contributed by atoms with Crippen molar-refractivity contribution in [1.82, 2.24) is 5.32 Å². The fraction of sp³-hybridized carbons (Fsp3) is 0.500. The quantitative estimate of drug-likeness (QED) is 0.647. The van der Waals surface area contributed by atoms with Crippen LogP contribution in [0, 0.1) is 5.82 Å². The lowest BCUT2D eigenvalue weighted by atomic mass is 9.84. The maximum Gasteiger partial charge on any atom is 0.185 e. The second-order valence-corrected chi connectivity index (χ2v) is 6.15. The highest BCUT2D eigenvalue weighted by Gasteiger charge is 2.41. The van der Waals surface area contributed by atoms with Crippen LogP contribution in [0.15, 0.2) is 16.6 Å². The average molecular weight is 349 g/mol. The summed E-state index contributed by atoms with van der Waals surface area (Å²) < 4.78 is 14.6. The number of ketones is 1. The van der Waals surface area contributed by atoms with Crippen molar-refractivity contribution in [2.75, 3.05) is 6.54 Å². The second kappa shape index (κ2) is 5.90. The zero-order valence-electron chi connectivity index (χ0n) is 10.7. The molecule has 1 aromatic carbocycles. The molecule has 1 N–H and O–H groups in total. The molecular formula is C14H16BrClFNO. The molecule has 2 rings (SSSR count). The minimum atomic E-state index is -0.634. The summed E-state index contributed by atoms with van der Waals surface area (Å²) in [6, 6.07) is 3.12. The van der Waals surface area contributed by atoms with E-state index in [9.17, 15) is 9.18 Å². The molecule has 0 spiro atoms. The first-order valence-corrected chi connectivity index (χ1v) is 7.62. The van der Waals surface area contributed by atoms with Gasteiger partial charge in [0.25, 0.3) is 0 Å². The molecule has 1 saturated heterocycles. The van der Waals surface area contributed by atoms with Gasteiger partial charge in [0.15, 0.2) is 11.6 Å². The van der Waals surface area contributed by atoms with Gasteiger partial charge in [-0.05, 0) is 53.9 Å². The highest BCUT2D eigenvalue weighted by Crippen LogP contribution is 2.33. The van der Waals surface area contributed by atoms with Gasteiger partial charge in [-0.2, -0.15) is 0 Å². The molecule has 1 aromatic rings. The number of nitrogens with one attached hydrogen (secondary N) is 1. The molecule has 1 aliphatic rings. The van der Waals surface area contributed by atoms with E-state index in [-0.39, 0.29) is 16.4 Å². The average Bonchev–Trinajstić information content (AvgIpc) is 2.86. The minimum absolute atomic E-state index is 0.0319. The maximum absolute atomic E-state index is 14.2. The van der Waals surface area contributed by atoms with Gasteiger partial charge in [0.05, 0.1) is 16.1 Å². The van der Waals surface area contributed by atoms with E-state index in [1.54, 1.807) is 6.07 Å². The van der Waals surface area contributed by atoms with Crippen LogP contribution in [0.25, 0.3) is 0 Å². The first-order chi connectivity index (χ1) is 9.02. The predicted octanol–water partition coefficient (Wildman–Crippen LogP) is 4.35. The summed E-state index contributed by atoms with van der Waals surface area (Å²) in [5.41, 5.74) is -0.539. The minimum Gasteiger partial charge on any atom is -0.305 e. The summed E-state index contributed by atoms with van der Waals surface area (Å²) >= 11 is 9.02. The fourth-order valence-corrected chi connectivity index (χ4v) is 3.18. The summed E-state index contributed by atoms with van der Waals surface area (Å²) in [6.07, 6.45) is 3.30. The van der Waals surface area contributed by atoms with Gasteiger partial charge < -0.3 is 5.32 Å². The van der Waals surface area contributed by atoms with Crippen molar-refractivity contribution in [2.24, 2.45) is 0 Å². The SMILES string of the molecule is CCCC1(C(=O)c2ccc(Br)c(Cl)c2F)CCCN1. The molecule has 1 unspecified atom stereocenters. The van der Waals surface area contributed by atoms with Crippen LogP contribution in [0.2, 0.25) is 5.02 Å². The van der Waals surface area contributed by atoms with Gasteiger partial charge >= 0.3 is 0 Å². The lowest BCUT2D eigenvalue weighted by molar-refractivity contribution is 0.0853. The molecule has 0 aromatic heterocycles. The highest BCUT2D eigenvalue weighted by molar-refractivity contribution is 9.10. The first-order valence-electron chi connectivity index (χ1n) is 6.45. The standard InChI is InChI=1S/C14H16BrClFNO/c1-2-6-14(7-3-8-18-14)13(19)9-4-5-10(15)11(16)12(9)17/h4-5,18H,2-3,6-8H2,1H3. The molecule has 1 aliphatic heterocycles. The van der Waals surface area contributed by atoms with Crippen molar-refractivity contribution in [3.63, 3.8) is 0 Å². The van der Waals surface area contributed by atoms with Crippen molar-refractivity contribution < 1.29 is 9.18 Å². The number of benzene rings is 1. The third kappa shape index (κ3) is 2.71. The topological polar surface area (TPSA) is 29.1 Å². The molecule has 0 bridgehead atoms.